The molecule has 0 unspecified atom stereocenters. The summed E-state index contributed by atoms with van der Waals surface area (Å²) in [6, 6.07) is 10.3. The second-order valence-electron chi connectivity index (χ2n) is 5.60. The highest BCUT2D eigenvalue weighted by atomic mass is 32.2. The molecule has 0 atom stereocenters. The highest BCUT2D eigenvalue weighted by Crippen LogP contribution is 2.21. The molecule has 1 aromatic carbocycles. The van der Waals surface area contributed by atoms with Crippen LogP contribution in [0.4, 0.5) is 5.82 Å². The van der Waals surface area contributed by atoms with Gasteiger partial charge in [-0.15, -0.1) is 5.10 Å². The van der Waals surface area contributed by atoms with E-state index in [2.05, 4.69) is 10.2 Å². The third-order valence-corrected chi connectivity index (χ3v) is 5.96. The van der Waals surface area contributed by atoms with Crippen molar-refractivity contribution in [1.82, 2.24) is 14.5 Å². The number of nitrogens with zero attached hydrogens (tertiary/aromatic N) is 4. The molecule has 2 heterocycles. The van der Waals surface area contributed by atoms with Gasteiger partial charge >= 0.3 is 0 Å². The third-order valence-electron chi connectivity index (χ3n) is 4.04. The molecule has 0 N–H and O–H groups in total. The SMILES string of the molecule is COc1ccc(S(=O)(=O)N2CCN(c3ccc(C)nn3)CC2)cc1. The van der Waals surface area contributed by atoms with Crippen molar-refractivity contribution in [1.29, 1.82) is 0 Å². The average Bonchev–Trinajstić information content (AvgIpc) is 2.62. The first-order valence-corrected chi connectivity index (χ1v) is 9.14. The molecule has 0 radical (unpaired) electrons. The number of methoxy groups -OCH3 is 1. The second-order valence-corrected chi connectivity index (χ2v) is 7.54. The number of hydrogen-bond acceptors (Lipinski definition) is 6. The van der Waals surface area contributed by atoms with Crippen LogP contribution in [0.15, 0.2) is 41.3 Å². The van der Waals surface area contributed by atoms with Gasteiger partial charge in [0.25, 0.3) is 0 Å². The third kappa shape index (κ3) is 3.34. The van der Waals surface area contributed by atoms with E-state index in [0.29, 0.717) is 31.9 Å². The molecule has 1 saturated heterocycles. The summed E-state index contributed by atoms with van der Waals surface area (Å²) in [5.41, 5.74) is 0.861. The van der Waals surface area contributed by atoms with Crippen molar-refractivity contribution in [3.05, 3.63) is 42.1 Å². The van der Waals surface area contributed by atoms with E-state index in [1.807, 2.05) is 24.0 Å². The number of aromatic nitrogens is 2. The van der Waals surface area contributed by atoms with Gasteiger partial charge in [0, 0.05) is 26.2 Å². The van der Waals surface area contributed by atoms with Crippen molar-refractivity contribution in [3.63, 3.8) is 0 Å². The van der Waals surface area contributed by atoms with Gasteiger partial charge in [0.15, 0.2) is 5.82 Å². The van der Waals surface area contributed by atoms with Crippen LogP contribution in [0.1, 0.15) is 5.69 Å². The standard InChI is InChI=1S/C16H20N4O3S/c1-13-3-8-16(18-17-13)19-9-11-20(12-10-19)24(21,22)15-6-4-14(23-2)5-7-15/h3-8H,9-12H2,1-2H3. The smallest absolute Gasteiger partial charge is 0.243 e. The first-order chi connectivity index (χ1) is 11.5. The Labute approximate surface area is 141 Å². The molecule has 24 heavy (non-hydrogen) atoms. The van der Waals surface area contributed by atoms with Crippen LogP contribution in [0.2, 0.25) is 0 Å². The van der Waals surface area contributed by atoms with Crippen molar-refractivity contribution in [2.45, 2.75) is 11.8 Å². The fraction of sp³-hybridized carbons (Fsp3) is 0.375. The zero-order chi connectivity index (χ0) is 17.2. The summed E-state index contributed by atoms with van der Waals surface area (Å²) in [6.45, 7) is 3.91. The molecule has 7 nitrogen and oxygen atoms in total. The zero-order valence-corrected chi connectivity index (χ0v) is 14.5. The van der Waals surface area contributed by atoms with Gasteiger partial charge < -0.3 is 9.64 Å². The summed E-state index contributed by atoms with van der Waals surface area (Å²) in [4.78, 5) is 2.33. The monoisotopic (exact) mass is 348 g/mol. The Kier molecular flexibility index (Phi) is 4.68. The molecule has 0 amide bonds. The summed E-state index contributed by atoms with van der Waals surface area (Å²) < 4.78 is 32.0. The molecular weight excluding hydrogens is 328 g/mol. The normalized spacial score (nSPS) is 16.2. The summed E-state index contributed by atoms with van der Waals surface area (Å²) in [6.07, 6.45) is 0. The van der Waals surface area contributed by atoms with Crippen molar-refractivity contribution < 1.29 is 13.2 Å². The van der Waals surface area contributed by atoms with Gasteiger partial charge in [-0.2, -0.15) is 9.40 Å². The van der Waals surface area contributed by atoms with Gasteiger partial charge in [0.1, 0.15) is 5.75 Å². The van der Waals surface area contributed by atoms with Crippen molar-refractivity contribution in [2.75, 3.05) is 38.2 Å². The number of benzene rings is 1. The van der Waals surface area contributed by atoms with E-state index in [4.69, 9.17) is 4.74 Å². The highest BCUT2D eigenvalue weighted by Gasteiger charge is 2.29. The topological polar surface area (TPSA) is 75.6 Å². The molecule has 8 heteroatoms. The molecule has 1 aromatic heterocycles. The summed E-state index contributed by atoms with van der Waals surface area (Å²) in [5.74, 6) is 1.42. The van der Waals surface area contributed by atoms with E-state index in [1.54, 1.807) is 31.4 Å². The van der Waals surface area contributed by atoms with Crippen LogP contribution in [0.25, 0.3) is 0 Å². The van der Waals surface area contributed by atoms with E-state index in [0.717, 1.165) is 11.5 Å². The molecule has 1 aliphatic rings. The first-order valence-electron chi connectivity index (χ1n) is 7.70. The summed E-state index contributed by atoms with van der Waals surface area (Å²) >= 11 is 0. The Morgan fingerprint density at radius 3 is 2.17 bits per heavy atom. The van der Waals surface area contributed by atoms with Crippen LogP contribution >= 0.6 is 0 Å². The number of hydrogen-bond donors (Lipinski definition) is 0. The minimum atomic E-state index is -3.48. The van der Waals surface area contributed by atoms with E-state index in [-0.39, 0.29) is 4.90 Å². The van der Waals surface area contributed by atoms with Gasteiger partial charge in [0.2, 0.25) is 10.0 Å². The molecule has 0 spiro atoms. The molecule has 1 fully saturated rings. The Balaban J connectivity index is 1.69. The van der Waals surface area contributed by atoms with E-state index in [1.165, 1.54) is 4.31 Å². The van der Waals surface area contributed by atoms with Crippen LogP contribution < -0.4 is 9.64 Å². The minimum absolute atomic E-state index is 0.284. The van der Waals surface area contributed by atoms with Gasteiger partial charge in [-0.3, -0.25) is 0 Å². The molecule has 0 saturated carbocycles. The number of sulfonamides is 1. The molecular formula is C16H20N4O3S. The predicted octanol–water partition coefficient (Wildman–Crippen LogP) is 1.30. The van der Waals surface area contributed by atoms with Gasteiger partial charge in [0.05, 0.1) is 17.7 Å². The van der Waals surface area contributed by atoms with Gasteiger partial charge in [-0.05, 0) is 43.3 Å². The molecule has 128 valence electrons. The fourth-order valence-electron chi connectivity index (χ4n) is 2.61. The lowest BCUT2D eigenvalue weighted by atomic mass is 10.3. The van der Waals surface area contributed by atoms with Crippen LogP contribution in [0.5, 0.6) is 5.75 Å². The van der Waals surface area contributed by atoms with Crippen LogP contribution in [0, 0.1) is 6.92 Å². The Morgan fingerprint density at radius 1 is 0.958 bits per heavy atom. The van der Waals surface area contributed by atoms with Crippen molar-refractivity contribution >= 4 is 15.8 Å². The lowest BCUT2D eigenvalue weighted by Gasteiger charge is -2.34. The summed E-state index contributed by atoms with van der Waals surface area (Å²) in [7, 11) is -1.93. The van der Waals surface area contributed by atoms with Crippen LogP contribution in [-0.2, 0) is 10.0 Å². The largest absolute Gasteiger partial charge is 0.497 e. The van der Waals surface area contributed by atoms with E-state index >= 15 is 0 Å². The Morgan fingerprint density at radius 2 is 1.62 bits per heavy atom. The first kappa shape index (κ1) is 16.7. The summed E-state index contributed by atoms with van der Waals surface area (Å²) in [5, 5.41) is 8.21. The zero-order valence-electron chi connectivity index (χ0n) is 13.7. The second kappa shape index (κ2) is 6.74. The molecule has 3 rings (SSSR count). The maximum Gasteiger partial charge on any atom is 0.243 e. The molecule has 0 bridgehead atoms. The minimum Gasteiger partial charge on any atom is -0.497 e. The lowest BCUT2D eigenvalue weighted by molar-refractivity contribution is 0.383. The fourth-order valence-corrected chi connectivity index (χ4v) is 4.04. The number of anilines is 1. The maximum atomic E-state index is 12.7. The highest BCUT2D eigenvalue weighted by molar-refractivity contribution is 7.89. The number of aryl methyl sites for hydroxylation is 1. The van der Waals surface area contributed by atoms with Crippen molar-refractivity contribution in [3.8, 4) is 5.75 Å². The Bertz CT molecular complexity index is 783. The molecule has 1 aliphatic heterocycles. The van der Waals surface area contributed by atoms with Crippen molar-refractivity contribution in [2.24, 2.45) is 0 Å². The quantitative estimate of drug-likeness (QED) is 0.829. The lowest BCUT2D eigenvalue weighted by Crippen LogP contribution is -2.49. The molecule has 0 aliphatic carbocycles. The average molecular weight is 348 g/mol. The number of ether oxygens (including phenoxy) is 1. The van der Waals surface area contributed by atoms with E-state index in [9.17, 15) is 8.42 Å². The van der Waals surface area contributed by atoms with E-state index < -0.39 is 10.0 Å². The Hall–Kier alpha value is -2.19. The van der Waals surface area contributed by atoms with Crippen LogP contribution in [0.3, 0.4) is 0 Å². The van der Waals surface area contributed by atoms with Crippen LogP contribution in [-0.4, -0.2) is 56.2 Å². The van der Waals surface area contributed by atoms with Gasteiger partial charge in [-0.25, -0.2) is 8.42 Å². The number of piperazine rings is 1. The predicted molar refractivity (Wildman–Crippen MR) is 90.7 cm³/mol. The maximum absolute atomic E-state index is 12.7. The molecule has 2 aromatic rings. The van der Waals surface area contributed by atoms with Gasteiger partial charge in [-0.1, -0.05) is 0 Å². The number of rotatable bonds is 4.